The van der Waals surface area contributed by atoms with E-state index < -0.39 is 0 Å². The van der Waals surface area contributed by atoms with Crippen LogP contribution in [0.2, 0.25) is 5.02 Å². The van der Waals surface area contributed by atoms with Crippen LogP contribution in [0.15, 0.2) is 70.1 Å². The quantitative estimate of drug-likeness (QED) is 0.457. The summed E-state index contributed by atoms with van der Waals surface area (Å²) in [4.78, 5) is 4.90. The summed E-state index contributed by atoms with van der Waals surface area (Å²) in [5, 5.41) is 14.4. The zero-order valence-electron chi connectivity index (χ0n) is 15.7. The molecule has 2 atom stereocenters. The van der Waals surface area contributed by atoms with Gasteiger partial charge in [-0.3, -0.25) is 10.3 Å². The number of nitrogens with one attached hydrogen (secondary N) is 1. The number of hydrogen-bond acceptors (Lipinski definition) is 3. The van der Waals surface area contributed by atoms with Crippen LogP contribution in [0.4, 0.5) is 4.39 Å². The fraction of sp³-hybridized carbons (Fsp3) is 0.174. The number of halogens is 3. The molecule has 2 N–H and O–H groups in total. The number of rotatable bonds is 3. The topological polar surface area (TPSA) is 44.6 Å². The second-order valence-electron chi connectivity index (χ2n) is 7.14. The first-order valence-electron chi connectivity index (χ1n) is 9.24. The molecule has 1 aliphatic rings. The molecule has 2 unspecified atom stereocenters. The predicted octanol–water partition coefficient (Wildman–Crippen LogP) is 6.48. The lowest BCUT2D eigenvalue weighted by Crippen LogP contribution is -2.33. The normalized spacial score (nSPS) is 19.1. The first kappa shape index (κ1) is 20.1. The molecule has 0 radical (unpaired) electrons. The van der Waals surface area contributed by atoms with E-state index in [-0.39, 0.29) is 23.8 Å². The number of benzene rings is 3. The molecule has 0 amide bonds. The molecule has 4 rings (SSSR count). The summed E-state index contributed by atoms with van der Waals surface area (Å²) in [6.45, 7) is 2.04. The van der Waals surface area contributed by atoms with Crippen LogP contribution in [0, 0.1) is 12.7 Å². The third-order valence-electron chi connectivity index (χ3n) is 5.05. The largest absolute Gasteiger partial charge is 0.508 e. The van der Waals surface area contributed by atoms with Crippen molar-refractivity contribution in [1.82, 2.24) is 5.32 Å². The third-order valence-corrected chi connectivity index (χ3v) is 5.89. The van der Waals surface area contributed by atoms with Crippen LogP contribution >= 0.6 is 27.5 Å². The van der Waals surface area contributed by atoms with Gasteiger partial charge in [0.05, 0.1) is 4.47 Å². The Hall–Kier alpha value is -2.21. The Kier molecular flexibility index (Phi) is 5.72. The lowest BCUT2D eigenvalue weighted by Gasteiger charge is -2.31. The first-order chi connectivity index (χ1) is 13.9. The number of nitrogens with zero attached hydrogens (tertiary/aromatic N) is 1. The van der Waals surface area contributed by atoms with Crippen molar-refractivity contribution in [1.29, 1.82) is 0 Å². The Morgan fingerprint density at radius 1 is 1.10 bits per heavy atom. The molecule has 0 saturated carbocycles. The van der Waals surface area contributed by atoms with Crippen molar-refractivity contribution < 1.29 is 9.50 Å². The molecule has 0 bridgehead atoms. The highest BCUT2D eigenvalue weighted by atomic mass is 79.9. The second kappa shape index (κ2) is 8.27. The smallest absolute Gasteiger partial charge is 0.137 e. The number of hydrogen-bond donors (Lipinski definition) is 2. The van der Waals surface area contributed by atoms with Crippen LogP contribution in [-0.4, -0.2) is 10.8 Å². The molecule has 1 aliphatic heterocycles. The molecule has 0 fully saturated rings. The van der Waals surface area contributed by atoms with Gasteiger partial charge in [-0.1, -0.05) is 47.5 Å². The van der Waals surface area contributed by atoms with Gasteiger partial charge in [-0.25, -0.2) is 4.39 Å². The first-order valence-corrected chi connectivity index (χ1v) is 10.4. The molecule has 3 aromatic carbocycles. The highest BCUT2D eigenvalue weighted by Crippen LogP contribution is 2.36. The standard InChI is InChI=1S/C23H19BrClFN2O/c1-13-2-4-14(5-3-13)20-12-21(17-11-16(25)7-9-22(17)29)28-23(27-20)15-6-8-19(26)18(24)10-15/h2-11,21,23,28-29H,12H2,1H3. The molecule has 148 valence electrons. The molecule has 6 heteroatoms. The molecule has 3 nitrogen and oxygen atoms in total. The van der Waals surface area contributed by atoms with Gasteiger partial charge in [-0.15, -0.1) is 0 Å². The van der Waals surface area contributed by atoms with E-state index in [1.807, 2.05) is 19.1 Å². The van der Waals surface area contributed by atoms with Gasteiger partial charge in [0.1, 0.15) is 17.7 Å². The molecule has 0 aliphatic carbocycles. The Morgan fingerprint density at radius 3 is 2.59 bits per heavy atom. The van der Waals surface area contributed by atoms with Crippen molar-refractivity contribution in [3.8, 4) is 5.75 Å². The number of aromatic hydroxyl groups is 1. The van der Waals surface area contributed by atoms with Gasteiger partial charge in [0.15, 0.2) is 0 Å². The zero-order valence-corrected chi connectivity index (χ0v) is 18.0. The van der Waals surface area contributed by atoms with Crippen molar-refractivity contribution in [2.75, 3.05) is 0 Å². The van der Waals surface area contributed by atoms with Gasteiger partial charge in [0, 0.05) is 28.8 Å². The van der Waals surface area contributed by atoms with Crippen molar-refractivity contribution in [3.63, 3.8) is 0 Å². The maximum atomic E-state index is 13.7. The summed E-state index contributed by atoms with van der Waals surface area (Å²) >= 11 is 9.43. The van der Waals surface area contributed by atoms with E-state index in [9.17, 15) is 9.50 Å². The number of phenols is 1. The highest BCUT2D eigenvalue weighted by Gasteiger charge is 2.28. The Morgan fingerprint density at radius 2 is 1.86 bits per heavy atom. The van der Waals surface area contributed by atoms with Gasteiger partial charge in [-0.2, -0.15) is 0 Å². The molecule has 29 heavy (non-hydrogen) atoms. The Bertz CT molecular complexity index is 1080. The molecule has 0 saturated heterocycles. The minimum atomic E-state index is -0.389. The van der Waals surface area contributed by atoms with Crippen molar-refractivity contribution in [3.05, 3.63) is 98.2 Å². The second-order valence-corrected chi connectivity index (χ2v) is 8.44. The number of phenolic OH excluding ortho intramolecular Hbond substituents is 1. The summed E-state index contributed by atoms with van der Waals surface area (Å²) < 4.78 is 14.1. The van der Waals surface area contributed by atoms with Crippen LogP contribution in [0.5, 0.6) is 5.75 Å². The maximum Gasteiger partial charge on any atom is 0.137 e. The van der Waals surface area contributed by atoms with Gasteiger partial charge in [-0.05, 0) is 64.3 Å². The Labute approximate surface area is 182 Å². The minimum Gasteiger partial charge on any atom is -0.508 e. The minimum absolute atomic E-state index is 0.177. The lowest BCUT2D eigenvalue weighted by atomic mass is 9.93. The fourth-order valence-electron chi connectivity index (χ4n) is 3.48. The van der Waals surface area contributed by atoms with Crippen LogP contribution in [0.3, 0.4) is 0 Å². The highest BCUT2D eigenvalue weighted by molar-refractivity contribution is 9.10. The molecular weight excluding hydrogens is 455 g/mol. The van der Waals surface area contributed by atoms with Crippen molar-refractivity contribution >= 4 is 33.2 Å². The van der Waals surface area contributed by atoms with Crippen LogP contribution in [-0.2, 0) is 0 Å². The van der Waals surface area contributed by atoms with E-state index in [0.29, 0.717) is 21.5 Å². The summed E-state index contributed by atoms with van der Waals surface area (Å²) in [6, 6.07) is 17.9. The zero-order chi connectivity index (χ0) is 20.5. The summed E-state index contributed by atoms with van der Waals surface area (Å²) in [5.74, 6) is -0.146. The lowest BCUT2D eigenvalue weighted by molar-refractivity contribution is 0.412. The van der Waals surface area contributed by atoms with E-state index in [1.54, 1.807) is 30.3 Å². The molecule has 0 spiro atoms. The SMILES string of the molecule is Cc1ccc(C2=NC(c3ccc(F)c(Br)c3)NC(c3cc(Cl)ccc3O)C2)cc1. The van der Waals surface area contributed by atoms with E-state index in [1.165, 1.54) is 11.6 Å². The van der Waals surface area contributed by atoms with E-state index in [2.05, 4.69) is 33.4 Å². The average Bonchev–Trinajstić information content (AvgIpc) is 2.72. The maximum absolute atomic E-state index is 13.7. The summed E-state index contributed by atoms with van der Waals surface area (Å²) in [7, 11) is 0. The van der Waals surface area contributed by atoms with E-state index >= 15 is 0 Å². The molecular formula is C23H19BrClFN2O. The van der Waals surface area contributed by atoms with E-state index in [4.69, 9.17) is 16.6 Å². The monoisotopic (exact) mass is 472 g/mol. The number of aliphatic imine (C=N–C) groups is 1. The van der Waals surface area contributed by atoms with Crippen molar-refractivity contribution in [2.45, 2.75) is 25.6 Å². The molecule has 1 heterocycles. The van der Waals surface area contributed by atoms with Gasteiger partial charge >= 0.3 is 0 Å². The van der Waals surface area contributed by atoms with Gasteiger partial charge in [0.2, 0.25) is 0 Å². The molecule has 3 aromatic rings. The third kappa shape index (κ3) is 4.37. The van der Waals surface area contributed by atoms with Gasteiger partial charge < -0.3 is 5.11 Å². The van der Waals surface area contributed by atoms with Gasteiger partial charge in [0.25, 0.3) is 0 Å². The van der Waals surface area contributed by atoms with Crippen LogP contribution in [0.1, 0.15) is 40.9 Å². The fourth-order valence-corrected chi connectivity index (χ4v) is 4.06. The molecule has 0 aromatic heterocycles. The summed E-state index contributed by atoms with van der Waals surface area (Å²) in [5.41, 5.74) is 4.65. The summed E-state index contributed by atoms with van der Waals surface area (Å²) in [6.07, 6.45) is 0.205. The average molecular weight is 474 g/mol. The van der Waals surface area contributed by atoms with Crippen molar-refractivity contribution in [2.24, 2.45) is 4.99 Å². The van der Waals surface area contributed by atoms with Crippen LogP contribution < -0.4 is 5.32 Å². The van der Waals surface area contributed by atoms with Crippen LogP contribution in [0.25, 0.3) is 0 Å². The predicted molar refractivity (Wildman–Crippen MR) is 118 cm³/mol. The van der Waals surface area contributed by atoms with E-state index in [0.717, 1.165) is 16.8 Å². The number of aryl methyl sites for hydroxylation is 1. The Balaban J connectivity index is 1.78.